The zero-order chi connectivity index (χ0) is 9.19. The molecule has 3 nitrogen and oxygen atoms in total. The topological polar surface area (TPSA) is 57.5 Å². The zero-order valence-corrected chi connectivity index (χ0v) is 7.03. The molecule has 1 aromatic rings. The van der Waals surface area contributed by atoms with E-state index in [1.807, 2.05) is 0 Å². The molecule has 1 aromatic carbocycles. The second-order valence-electron chi connectivity index (χ2n) is 2.24. The average Bonchev–Trinajstić information content (AvgIpc) is 2.03. The highest BCUT2D eigenvalue weighted by atomic mass is 31.2. The lowest BCUT2D eigenvalue weighted by molar-refractivity contribution is 0.387. The normalized spacial score (nSPS) is 10.8. The van der Waals surface area contributed by atoms with E-state index < -0.39 is 7.60 Å². The van der Waals surface area contributed by atoms with Gasteiger partial charge in [0.1, 0.15) is 0 Å². The minimum Gasteiger partial charge on any atom is -0.321 e. The molecule has 0 atom stereocenters. The molecule has 0 fully saturated rings. The van der Waals surface area contributed by atoms with Crippen LogP contribution in [-0.2, 0) is 4.57 Å². The van der Waals surface area contributed by atoms with Crippen LogP contribution in [0.1, 0.15) is 5.56 Å². The maximum atomic E-state index is 10.7. The van der Waals surface area contributed by atoms with E-state index in [1.165, 1.54) is 24.3 Å². The highest BCUT2D eigenvalue weighted by Gasteiger charge is 2.15. The first-order valence-electron chi connectivity index (χ1n) is 3.17. The quantitative estimate of drug-likeness (QED) is 0.490. The van der Waals surface area contributed by atoms with E-state index >= 15 is 0 Å². The first-order chi connectivity index (χ1) is 5.54. The minimum absolute atomic E-state index is 0.0125. The molecule has 1 rings (SSSR count). The molecule has 4 heteroatoms. The third-order valence-electron chi connectivity index (χ3n) is 1.37. The van der Waals surface area contributed by atoms with Gasteiger partial charge in [-0.15, -0.1) is 6.42 Å². The maximum absolute atomic E-state index is 10.7. The molecule has 62 valence electrons. The van der Waals surface area contributed by atoms with E-state index in [0.29, 0.717) is 5.56 Å². The van der Waals surface area contributed by atoms with Gasteiger partial charge in [-0.25, -0.2) is 0 Å². The Labute approximate surface area is 70.2 Å². The van der Waals surface area contributed by atoms with Crippen LogP contribution in [0.25, 0.3) is 0 Å². The smallest absolute Gasteiger partial charge is 0.321 e. The predicted octanol–water partition coefficient (Wildman–Crippen LogP) is 0.471. The fourth-order valence-corrected chi connectivity index (χ4v) is 1.29. The number of hydrogen-bond acceptors (Lipinski definition) is 1. The van der Waals surface area contributed by atoms with Gasteiger partial charge in [0.2, 0.25) is 0 Å². The summed E-state index contributed by atoms with van der Waals surface area (Å²) >= 11 is 0. The summed E-state index contributed by atoms with van der Waals surface area (Å²) in [6.45, 7) is 0. The Hall–Kier alpha value is -1.07. The summed E-state index contributed by atoms with van der Waals surface area (Å²) in [6.07, 6.45) is 5.06. The molecule has 0 heterocycles. The molecule has 0 aromatic heterocycles. The van der Waals surface area contributed by atoms with E-state index in [-0.39, 0.29) is 5.30 Å². The SMILES string of the molecule is C#Cc1ccc(P(=O)(O)O)cc1. The zero-order valence-electron chi connectivity index (χ0n) is 6.14. The van der Waals surface area contributed by atoms with Crippen molar-refractivity contribution in [3.63, 3.8) is 0 Å². The molecule has 0 aliphatic heterocycles. The van der Waals surface area contributed by atoms with Crippen LogP contribution in [0, 0.1) is 12.3 Å². The van der Waals surface area contributed by atoms with Gasteiger partial charge in [0, 0.05) is 5.56 Å². The fourth-order valence-electron chi connectivity index (χ4n) is 0.752. The van der Waals surface area contributed by atoms with Crippen molar-refractivity contribution in [2.24, 2.45) is 0 Å². The van der Waals surface area contributed by atoms with Gasteiger partial charge in [0.05, 0.1) is 5.30 Å². The molecule has 0 saturated heterocycles. The van der Waals surface area contributed by atoms with Crippen LogP contribution in [-0.4, -0.2) is 9.79 Å². The summed E-state index contributed by atoms with van der Waals surface area (Å²) in [5.74, 6) is 2.35. The van der Waals surface area contributed by atoms with Gasteiger partial charge in [-0.05, 0) is 24.3 Å². The van der Waals surface area contributed by atoms with E-state index in [2.05, 4.69) is 5.92 Å². The van der Waals surface area contributed by atoms with Gasteiger partial charge in [0.15, 0.2) is 0 Å². The van der Waals surface area contributed by atoms with Gasteiger partial charge >= 0.3 is 7.60 Å². The van der Waals surface area contributed by atoms with Crippen LogP contribution in [0.5, 0.6) is 0 Å². The van der Waals surface area contributed by atoms with Crippen LogP contribution < -0.4 is 5.30 Å². The van der Waals surface area contributed by atoms with Crippen molar-refractivity contribution in [3.05, 3.63) is 29.8 Å². The third-order valence-corrected chi connectivity index (χ3v) is 2.34. The Morgan fingerprint density at radius 2 is 1.75 bits per heavy atom. The Bertz CT molecular complexity index is 355. The maximum Gasteiger partial charge on any atom is 0.356 e. The lowest BCUT2D eigenvalue weighted by atomic mass is 10.2. The second-order valence-corrected chi connectivity index (χ2v) is 3.84. The molecule has 0 radical (unpaired) electrons. The van der Waals surface area contributed by atoms with E-state index in [4.69, 9.17) is 16.2 Å². The fraction of sp³-hybridized carbons (Fsp3) is 0. The van der Waals surface area contributed by atoms with Crippen LogP contribution in [0.3, 0.4) is 0 Å². The van der Waals surface area contributed by atoms with Gasteiger partial charge in [-0.2, -0.15) is 0 Å². The molecule has 0 aliphatic carbocycles. The molecule has 0 amide bonds. The monoisotopic (exact) mass is 182 g/mol. The number of terminal acetylenes is 1. The highest BCUT2D eigenvalue weighted by molar-refractivity contribution is 7.60. The van der Waals surface area contributed by atoms with Crippen molar-refractivity contribution < 1.29 is 14.4 Å². The Morgan fingerprint density at radius 1 is 1.25 bits per heavy atom. The lowest BCUT2D eigenvalue weighted by Gasteiger charge is -2.02. The van der Waals surface area contributed by atoms with E-state index in [0.717, 1.165) is 0 Å². The largest absolute Gasteiger partial charge is 0.356 e. The van der Waals surface area contributed by atoms with Crippen molar-refractivity contribution in [2.75, 3.05) is 0 Å². The van der Waals surface area contributed by atoms with Crippen molar-refractivity contribution in [1.29, 1.82) is 0 Å². The summed E-state index contributed by atoms with van der Waals surface area (Å²) in [6, 6.07) is 5.65. The van der Waals surface area contributed by atoms with Crippen molar-refractivity contribution in [1.82, 2.24) is 0 Å². The average molecular weight is 182 g/mol. The van der Waals surface area contributed by atoms with Crippen molar-refractivity contribution >= 4 is 12.9 Å². The molecular weight excluding hydrogens is 175 g/mol. The summed E-state index contributed by atoms with van der Waals surface area (Å²) in [5, 5.41) is -0.0125. The molecule has 0 aliphatic rings. The molecule has 0 spiro atoms. The first kappa shape index (κ1) is 9.02. The van der Waals surface area contributed by atoms with E-state index in [9.17, 15) is 4.57 Å². The second kappa shape index (κ2) is 3.12. The summed E-state index contributed by atoms with van der Waals surface area (Å²) in [7, 11) is -4.12. The molecule has 12 heavy (non-hydrogen) atoms. The van der Waals surface area contributed by atoms with Crippen LogP contribution in [0.15, 0.2) is 24.3 Å². The Kier molecular flexibility index (Phi) is 2.35. The van der Waals surface area contributed by atoms with Crippen LogP contribution >= 0.6 is 7.60 Å². The minimum atomic E-state index is -4.12. The molecular formula is C8H7O3P. The molecule has 0 saturated carbocycles. The number of hydrogen-bond donors (Lipinski definition) is 2. The van der Waals surface area contributed by atoms with E-state index in [1.54, 1.807) is 0 Å². The van der Waals surface area contributed by atoms with Gasteiger partial charge in [0.25, 0.3) is 0 Å². The Balaban J connectivity index is 3.11. The van der Waals surface area contributed by atoms with Crippen molar-refractivity contribution in [2.45, 2.75) is 0 Å². The summed E-state index contributed by atoms with van der Waals surface area (Å²) in [5.41, 5.74) is 0.604. The van der Waals surface area contributed by atoms with Gasteiger partial charge in [-0.3, -0.25) is 4.57 Å². The third kappa shape index (κ3) is 1.96. The van der Waals surface area contributed by atoms with Crippen molar-refractivity contribution in [3.8, 4) is 12.3 Å². The number of benzene rings is 1. The first-order valence-corrected chi connectivity index (χ1v) is 4.78. The highest BCUT2D eigenvalue weighted by Crippen LogP contribution is 2.32. The van der Waals surface area contributed by atoms with Crippen LogP contribution in [0.4, 0.5) is 0 Å². The number of rotatable bonds is 1. The molecule has 0 bridgehead atoms. The lowest BCUT2D eigenvalue weighted by Crippen LogP contribution is -2.02. The summed E-state index contributed by atoms with van der Waals surface area (Å²) in [4.78, 5) is 17.4. The summed E-state index contributed by atoms with van der Waals surface area (Å²) < 4.78 is 10.7. The van der Waals surface area contributed by atoms with Crippen LogP contribution in [0.2, 0.25) is 0 Å². The molecule has 2 N–H and O–H groups in total. The van der Waals surface area contributed by atoms with Gasteiger partial charge < -0.3 is 9.79 Å². The molecule has 0 unspecified atom stereocenters. The predicted molar refractivity (Wildman–Crippen MR) is 46.1 cm³/mol. The standard InChI is InChI=1S/C8H7O3P/c1-2-7-3-5-8(6-4-7)12(9,10)11/h1,3-6H,(H2,9,10,11). The van der Waals surface area contributed by atoms with Gasteiger partial charge in [-0.1, -0.05) is 5.92 Å². The Morgan fingerprint density at radius 3 is 2.08 bits per heavy atom.